The predicted octanol–water partition coefficient (Wildman–Crippen LogP) is 2.05. The van der Waals surface area contributed by atoms with Gasteiger partial charge in [0, 0.05) is 6.04 Å². The second-order valence-corrected chi connectivity index (χ2v) is 4.06. The molecule has 0 radical (unpaired) electrons. The van der Waals surface area contributed by atoms with Gasteiger partial charge in [-0.05, 0) is 40.9 Å². The van der Waals surface area contributed by atoms with Crippen LogP contribution >= 0.6 is 15.9 Å². The Kier molecular flexibility index (Phi) is 3.77. The van der Waals surface area contributed by atoms with Crippen LogP contribution in [-0.4, -0.2) is 18.3 Å². The summed E-state index contributed by atoms with van der Waals surface area (Å²) in [6, 6.07) is 3.70. The summed E-state index contributed by atoms with van der Waals surface area (Å²) in [5.41, 5.74) is 6.66. The first-order chi connectivity index (χ1) is 6.56. The number of benzene rings is 1. The summed E-state index contributed by atoms with van der Waals surface area (Å²) < 4.78 is 5.64. The van der Waals surface area contributed by atoms with Gasteiger partial charge < -0.3 is 15.6 Å². The Bertz CT molecular complexity index is 326. The van der Waals surface area contributed by atoms with Gasteiger partial charge >= 0.3 is 0 Å². The normalized spacial score (nSPS) is 12.6. The Morgan fingerprint density at radius 1 is 1.57 bits per heavy atom. The van der Waals surface area contributed by atoms with E-state index in [4.69, 9.17) is 10.5 Å². The molecule has 0 aliphatic carbocycles. The minimum absolute atomic E-state index is 0.0686. The average Bonchev–Trinajstić information content (AvgIpc) is 2.13. The van der Waals surface area contributed by atoms with Crippen LogP contribution in [0.5, 0.6) is 11.5 Å². The van der Waals surface area contributed by atoms with E-state index in [1.165, 1.54) is 7.11 Å². The predicted molar refractivity (Wildman–Crippen MR) is 59.7 cm³/mol. The van der Waals surface area contributed by atoms with Crippen molar-refractivity contribution in [2.75, 3.05) is 7.11 Å². The van der Waals surface area contributed by atoms with Crippen molar-refractivity contribution in [3.8, 4) is 11.5 Å². The summed E-state index contributed by atoms with van der Waals surface area (Å²) >= 11 is 3.31. The molecule has 78 valence electrons. The van der Waals surface area contributed by atoms with Gasteiger partial charge in [-0.2, -0.15) is 0 Å². The van der Waals surface area contributed by atoms with Gasteiger partial charge in [0.05, 0.1) is 11.6 Å². The van der Waals surface area contributed by atoms with Crippen LogP contribution in [0.2, 0.25) is 0 Å². The Morgan fingerprint density at radius 3 is 2.71 bits per heavy atom. The minimum Gasteiger partial charge on any atom is -0.503 e. The SMILES string of the molecule is COc1ccc(CC(C)N)c(Br)c1O. The van der Waals surface area contributed by atoms with Crippen molar-refractivity contribution >= 4 is 15.9 Å². The van der Waals surface area contributed by atoms with Gasteiger partial charge in [0.1, 0.15) is 0 Å². The molecule has 14 heavy (non-hydrogen) atoms. The molecule has 0 saturated carbocycles. The van der Waals surface area contributed by atoms with Crippen molar-refractivity contribution in [3.63, 3.8) is 0 Å². The third-order valence-electron chi connectivity index (χ3n) is 1.92. The maximum absolute atomic E-state index is 9.68. The fraction of sp³-hybridized carbons (Fsp3) is 0.400. The molecule has 1 atom stereocenters. The monoisotopic (exact) mass is 259 g/mol. The molecule has 0 aliphatic rings. The summed E-state index contributed by atoms with van der Waals surface area (Å²) in [5, 5.41) is 9.68. The highest BCUT2D eigenvalue weighted by Crippen LogP contribution is 2.36. The van der Waals surface area contributed by atoms with Crippen LogP contribution in [0.15, 0.2) is 16.6 Å². The average molecular weight is 260 g/mol. The van der Waals surface area contributed by atoms with Gasteiger partial charge in [-0.15, -0.1) is 0 Å². The Labute approximate surface area is 92.0 Å². The fourth-order valence-corrected chi connectivity index (χ4v) is 1.75. The summed E-state index contributed by atoms with van der Waals surface area (Å²) in [7, 11) is 1.52. The highest BCUT2D eigenvalue weighted by molar-refractivity contribution is 9.10. The summed E-state index contributed by atoms with van der Waals surface area (Å²) in [5.74, 6) is 0.593. The molecule has 4 heteroatoms. The van der Waals surface area contributed by atoms with E-state index >= 15 is 0 Å². The van der Waals surface area contributed by atoms with E-state index in [2.05, 4.69) is 15.9 Å². The zero-order valence-electron chi connectivity index (χ0n) is 8.25. The maximum atomic E-state index is 9.68. The smallest absolute Gasteiger partial charge is 0.172 e. The van der Waals surface area contributed by atoms with E-state index in [9.17, 15) is 5.11 Å². The lowest BCUT2D eigenvalue weighted by atomic mass is 10.1. The van der Waals surface area contributed by atoms with Gasteiger partial charge in [-0.1, -0.05) is 6.07 Å². The number of phenols is 1. The molecule has 0 bridgehead atoms. The van der Waals surface area contributed by atoms with E-state index in [-0.39, 0.29) is 11.8 Å². The summed E-state index contributed by atoms with van der Waals surface area (Å²) in [6.45, 7) is 1.92. The van der Waals surface area contributed by atoms with Crippen molar-refractivity contribution in [1.29, 1.82) is 0 Å². The molecule has 1 aromatic rings. The standard InChI is InChI=1S/C10H14BrNO2/c1-6(12)5-7-3-4-8(14-2)10(13)9(7)11/h3-4,6,13H,5,12H2,1-2H3. The lowest BCUT2D eigenvalue weighted by Gasteiger charge is -2.11. The van der Waals surface area contributed by atoms with Crippen LogP contribution < -0.4 is 10.5 Å². The van der Waals surface area contributed by atoms with Crippen LogP contribution in [0.3, 0.4) is 0 Å². The largest absolute Gasteiger partial charge is 0.503 e. The molecule has 3 nitrogen and oxygen atoms in total. The topological polar surface area (TPSA) is 55.5 Å². The lowest BCUT2D eigenvalue weighted by molar-refractivity contribution is 0.371. The summed E-state index contributed by atoms with van der Waals surface area (Å²) in [4.78, 5) is 0. The zero-order valence-corrected chi connectivity index (χ0v) is 9.84. The highest BCUT2D eigenvalue weighted by atomic mass is 79.9. The molecule has 1 aromatic carbocycles. The molecular weight excluding hydrogens is 246 g/mol. The first kappa shape index (κ1) is 11.3. The second-order valence-electron chi connectivity index (χ2n) is 3.27. The second kappa shape index (κ2) is 4.66. The molecule has 0 amide bonds. The molecule has 3 N–H and O–H groups in total. The number of rotatable bonds is 3. The Balaban J connectivity index is 3.04. The van der Waals surface area contributed by atoms with Gasteiger partial charge in [0.25, 0.3) is 0 Å². The van der Waals surface area contributed by atoms with Crippen LogP contribution in [0, 0.1) is 0 Å². The molecule has 0 saturated heterocycles. The van der Waals surface area contributed by atoms with Crippen molar-refractivity contribution in [1.82, 2.24) is 0 Å². The van der Waals surface area contributed by atoms with E-state index in [0.29, 0.717) is 10.2 Å². The number of aromatic hydroxyl groups is 1. The quantitative estimate of drug-likeness (QED) is 0.874. The fourth-order valence-electron chi connectivity index (χ4n) is 1.26. The molecule has 0 spiro atoms. The van der Waals surface area contributed by atoms with Crippen LogP contribution in [0.25, 0.3) is 0 Å². The number of halogens is 1. The number of hydrogen-bond acceptors (Lipinski definition) is 3. The third kappa shape index (κ3) is 2.39. The molecule has 0 aromatic heterocycles. The van der Waals surface area contributed by atoms with Gasteiger partial charge in [-0.3, -0.25) is 0 Å². The van der Waals surface area contributed by atoms with Crippen LogP contribution in [0.4, 0.5) is 0 Å². The Hall–Kier alpha value is -0.740. The van der Waals surface area contributed by atoms with E-state index in [1.54, 1.807) is 6.07 Å². The van der Waals surface area contributed by atoms with E-state index in [1.807, 2.05) is 13.0 Å². The lowest BCUT2D eigenvalue weighted by Crippen LogP contribution is -2.18. The zero-order chi connectivity index (χ0) is 10.7. The number of nitrogens with two attached hydrogens (primary N) is 1. The highest BCUT2D eigenvalue weighted by Gasteiger charge is 2.11. The van der Waals surface area contributed by atoms with Crippen molar-refractivity contribution in [2.24, 2.45) is 5.73 Å². The number of ether oxygens (including phenoxy) is 1. The number of hydrogen-bond donors (Lipinski definition) is 2. The maximum Gasteiger partial charge on any atom is 0.172 e. The van der Waals surface area contributed by atoms with Gasteiger partial charge in [0.2, 0.25) is 0 Å². The number of phenolic OH excluding ortho intramolecular Hbond substituents is 1. The van der Waals surface area contributed by atoms with Gasteiger partial charge in [0.15, 0.2) is 11.5 Å². The molecule has 1 rings (SSSR count). The summed E-state index contributed by atoms with van der Waals surface area (Å²) in [6.07, 6.45) is 0.720. The molecule has 1 unspecified atom stereocenters. The molecule has 0 aliphatic heterocycles. The van der Waals surface area contributed by atoms with Gasteiger partial charge in [-0.25, -0.2) is 0 Å². The molecule has 0 fully saturated rings. The number of methoxy groups -OCH3 is 1. The van der Waals surface area contributed by atoms with Crippen molar-refractivity contribution in [2.45, 2.75) is 19.4 Å². The van der Waals surface area contributed by atoms with E-state index < -0.39 is 0 Å². The van der Waals surface area contributed by atoms with E-state index in [0.717, 1.165) is 12.0 Å². The Morgan fingerprint density at radius 2 is 2.21 bits per heavy atom. The van der Waals surface area contributed by atoms with Crippen LogP contribution in [-0.2, 0) is 6.42 Å². The van der Waals surface area contributed by atoms with Crippen molar-refractivity contribution in [3.05, 3.63) is 22.2 Å². The third-order valence-corrected chi connectivity index (χ3v) is 2.81. The first-order valence-corrected chi connectivity index (χ1v) is 5.15. The van der Waals surface area contributed by atoms with Crippen molar-refractivity contribution < 1.29 is 9.84 Å². The molecular formula is C10H14BrNO2. The minimum atomic E-state index is 0.0686. The first-order valence-electron chi connectivity index (χ1n) is 4.36. The van der Waals surface area contributed by atoms with Crippen LogP contribution in [0.1, 0.15) is 12.5 Å². The molecule has 0 heterocycles.